The summed E-state index contributed by atoms with van der Waals surface area (Å²) in [6.45, 7) is 2.39. The lowest BCUT2D eigenvalue weighted by atomic mass is 9.86. The summed E-state index contributed by atoms with van der Waals surface area (Å²) in [5.74, 6) is 0. The molecular formula is C22H19BrF3NO2. The van der Waals surface area contributed by atoms with Crippen LogP contribution >= 0.6 is 15.9 Å². The van der Waals surface area contributed by atoms with Crippen LogP contribution in [0.2, 0.25) is 0 Å². The van der Waals surface area contributed by atoms with E-state index in [4.69, 9.17) is 0 Å². The van der Waals surface area contributed by atoms with Gasteiger partial charge in [0, 0.05) is 4.47 Å². The maximum atomic E-state index is 14.4. The van der Waals surface area contributed by atoms with Gasteiger partial charge in [0.15, 0.2) is 5.54 Å². The number of fused-ring (bicyclic) bond motifs is 1. The van der Waals surface area contributed by atoms with E-state index in [1.165, 1.54) is 31.2 Å². The van der Waals surface area contributed by atoms with Crippen molar-refractivity contribution in [3.05, 3.63) is 82.3 Å². The van der Waals surface area contributed by atoms with Crippen LogP contribution in [0.15, 0.2) is 71.2 Å². The zero-order chi connectivity index (χ0) is 21.4. The van der Waals surface area contributed by atoms with Crippen LogP contribution in [0.4, 0.5) is 18.0 Å². The summed E-state index contributed by atoms with van der Waals surface area (Å²) in [6.07, 6.45) is -6.48. The van der Waals surface area contributed by atoms with Crippen molar-refractivity contribution in [3.63, 3.8) is 0 Å². The highest BCUT2D eigenvalue weighted by Gasteiger charge is 2.59. The average molecular weight is 466 g/mol. The van der Waals surface area contributed by atoms with Crippen LogP contribution < -0.4 is 0 Å². The molecule has 0 heterocycles. The van der Waals surface area contributed by atoms with E-state index in [2.05, 4.69) is 15.9 Å². The molecule has 7 heteroatoms. The Morgan fingerprint density at radius 2 is 1.59 bits per heavy atom. The molecule has 3 rings (SSSR count). The minimum Gasteiger partial charge on any atom is -0.465 e. The molecule has 0 aliphatic heterocycles. The van der Waals surface area contributed by atoms with E-state index in [9.17, 15) is 23.1 Å². The number of halogens is 4. The number of carbonyl (C=O) groups is 1. The minimum atomic E-state index is -4.84. The number of alkyl halides is 3. The Labute approximate surface area is 174 Å². The van der Waals surface area contributed by atoms with Crippen molar-refractivity contribution < 1.29 is 23.1 Å². The van der Waals surface area contributed by atoms with E-state index in [1.807, 2.05) is 18.2 Å². The van der Waals surface area contributed by atoms with Gasteiger partial charge in [-0.2, -0.15) is 13.2 Å². The van der Waals surface area contributed by atoms with E-state index < -0.39 is 23.9 Å². The topological polar surface area (TPSA) is 40.5 Å². The molecule has 0 fully saturated rings. The fraction of sp³-hybridized carbons (Fsp3) is 0.227. The monoisotopic (exact) mass is 465 g/mol. The van der Waals surface area contributed by atoms with Gasteiger partial charge in [0.25, 0.3) is 0 Å². The number of rotatable bonds is 4. The molecule has 0 radical (unpaired) electrons. The largest absolute Gasteiger partial charge is 0.465 e. The Hall–Kier alpha value is -2.54. The first-order valence-electron chi connectivity index (χ1n) is 8.90. The molecule has 2 atom stereocenters. The van der Waals surface area contributed by atoms with E-state index >= 15 is 0 Å². The second-order valence-electron chi connectivity index (χ2n) is 6.97. The summed E-state index contributed by atoms with van der Waals surface area (Å²) >= 11 is 3.21. The van der Waals surface area contributed by atoms with Crippen LogP contribution in [-0.2, 0) is 5.54 Å². The Kier molecular flexibility index (Phi) is 5.63. The molecule has 1 N–H and O–H groups in total. The van der Waals surface area contributed by atoms with Crippen LogP contribution in [0.25, 0.3) is 10.8 Å². The van der Waals surface area contributed by atoms with Crippen LogP contribution in [0, 0.1) is 0 Å². The normalized spacial score (nSPS) is 15.0. The van der Waals surface area contributed by atoms with E-state index in [0.717, 1.165) is 12.3 Å². The third-order valence-corrected chi connectivity index (χ3v) is 5.84. The highest BCUT2D eigenvalue weighted by atomic mass is 79.9. The lowest BCUT2D eigenvalue weighted by Gasteiger charge is -2.44. The molecular weight excluding hydrogens is 447 g/mol. The predicted octanol–water partition coefficient (Wildman–Crippen LogP) is 7.12. The van der Waals surface area contributed by atoms with Gasteiger partial charge in [0.1, 0.15) is 0 Å². The Morgan fingerprint density at radius 1 is 1.00 bits per heavy atom. The van der Waals surface area contributed by atoms with Gasteiger partial charge in [-0.15, -0.1) is 0 Å². The number of hydrogen-bond acceptors (Lipinski definition) is 1. The van der Waals surface area contributed by atoms with Gasteiger partial charge in [-0.25, -0.2) is 4.79 Å². The van der Waals surface area contributed by atoms with Gasteiger partial charge in [-0.3, -0.25) is 4.90 Å². The first kappa shape index (κ1) is 21.2. The Balaban J connectivity index is 2.22. The van der Waals surface area contributed by atoms with Gasteiger partial charge in [0.05, 0.1) is 6.04 Å². The van der Waals surface area contributed by atoms with Gasteiger partial charge < -0.3 is 5.11 Å². The first-order chi connectivity index (χ1) is 13.6. The number of nitrogens with zero attached hydrogens (tertiary/aromatic N) is 1. The fourth-order valence-corrected chi connectivity index (χ4v) is 3.98. The molecule has 152 valence electrons. The van der Waals surface area contributed by atoms with Crippen molar-refractivity contribution in [2.75, 3.05) is 0 Å². The van der Waals surface area contributed by atoms with Gasteiger partial charge in [-0.1, -0.05) is 70.5 Å². The molecule has 0 saturated carbocycles. The fourth-order valence-electron chi connectivity index (χ4n) is 3.71. The number of amides is 1. The van der Waals surface area contributed by atoms with E-state index in [-0.39, 0.29) is 5.56 Å². The second-order valence-corrected chi connectivity index (χ2v) is 7.89. The summed E-state index contributed by atoms with van der Waals surface area (Å²) in [4.78, 5) is 12.7. The average Bonchev–Trinajstić information content (AvgIpc) is 2.66. The molecule has 0 unspecified atom stereocenters. The van der Waals surface area contributed by atoms with Crippen molar-refractivity contribution >= 4 is 32.8 Å². The van der Waals surface area contributed by atoms with E-state index in [0.29, 0.717) is 20.3 Å². The van der Waals surface area contributed by atoms with Crippen LogP contribution in [0.1, 0.15) is 31.0 Å². The number of hydrogen-bond donors (Lipinski definition) is 1. The van der Waals surface area contributed by atoms with Gasteiger partial charge >= 0.3 is 12.3 Å². The molecule has 0 bridgehead atoms. The molecule has 0 aromatic heterocycles. The summed E-state index contributed by atoms with van der Waals surface area (Å²) in [5.41, 5.74) is -2.38. The molecule has 0 aliphatic rings. The quantitative estimate of drug-likeness (QED) is 0.445. The lowest BCUT2D eigenvalue weighted by Crippen LogP contribution is -2.56. The number of carboxylic acid groups (broad SMARTS) is 1. The molecule has 3 aromatic carbocycles. The summed E-state index contributed by atoms with van der Waals surface area (Å²) in [5, 5.41) is 11.5. The molecule has 1 amide bonds. The molecule has 0 saturated heterocycles. The Morgan fingerprint density at radius 3 is 2.17 bits per heavy atom. The minimum absolute atomic E-state index is 0.150. The first-order valence-corrected chi connectivity index (χ1v) is 9.69. The van der Waals surface area contributed by atoms with Gasteiger partial charge in [0.2, 0.25) is 0 Å². The van der Waals surface area contributed by atoms with Crippen molar-refractivity contribution in [2.45, 2.75) is 31.6 Å². The third-order valence-electron chi connectivity index (χ3n) is 5.31. The Bertz CT molecular complexity index is 1030. The predicted molar refractivity (Wildman–Crippen MR) is 110 cm³/mol. The van der Waals surface area contributed by atoms with E-state index in [1.54, 1.807) is 24.3 Å². The molecule has 3 nitrogen and oxygen atoms in total. The molecule has 3 aromatic rings. The van der Waals surface area contributed by atoms with Crippen molar-refractivity contribution in [2.24, 2.45) is 0 Å². The highest BCUT2D eigenvalue weighted by Crippen LogP contribution is 2.48. The maximum Gasteiger partial charge on any atom is 0.415 e. The summed E-state index contributed by atoms with van der Waals surface area (Å²) < 4.78 is 43.7. The lowest BCUT2D eigenvalue weighted by molar-refractivity contribution is -0.230. The second kappa shape index (κ2) is 7.71. The SMILES string of the molecule is C[C@@H](c1cccc2ccccc12)N(C(=O)O)[C@](C)(c1ccc(Br)cc1)C(F)(F)F. The van der Waals surface area contributed by atoms with Crippen molar-refractivity contribution in [1.29, 1.82) is 0 Å². The van der Waals surface area contributed by atoms with Crippen molar-refractivity contribution in [1.82, 2.24) is 4.90 Å². The standard InChI is InChI=1S/C22H19BrF3NO2/c1-14(18-9-5-7-15-6-3-4-8-19(15)18)27(20(28)29)21(2,22(24,25)26)16-10-12-17(23)13-11-16/h3-14H,1-2H3,(H,28,29)/t14-,21+/m0/s1. The maximum absolute atomic E-state index is 14.4. The smallest absolute Gasteiger partial charge is 0.415 e. The highest BCUT2D eigenvalue weighted by molar-refractivity contribution is 9.10. The summed E-state index contributed by atoms with van der Waals surface area (Å²) in [6, 6.07) is 17.0. The zero-order valence-corrected chi connectivity index (χ0v) is 17.3. The number of benzene rings is 3. The van der Waals surface area contributed by atoms with Crippen LogP contribution in [-0.4, -0.2) is 22.3 Å². The third kappa shape index (κ3) is 3.71. The zero-order valence-electron chi connectivity index (χ0n) is 15.7. The van der Waals surface area contributed by atoms with Crippen LogP contribution in [0.3, 0.4) is 0 Å². The van der Waals surface area contributed by atoms with Crippen LogP contribution in [0.5, 0.6) is 0 Å². The molecule has 0 aliphatic carbocycles. The van der Waals surface area contributed by atoms with Crippen molar-refractivity contribution in [3.8, 4) is 0 Å². The summed E-state index contributed by atoms with van der Waals surface area (Å²) in [7, 11) is 0. The molecule has 0 spiro atoms. The van der Waals surface area contributed by atoms with Gasteiger partial charge in [-0.05, 0) is 47.9 Å². The molecule has 29 heavy (non-hydrogen) atoms.